The Bertz CT molecular complexity index is 662. The van der Waals surface area contributed by atoms with Gasteiger partial charge in [-0.25, -0.2) is 0 Å². The molecule has 2 unspecified atom stereocenters. The summed E-state index contributed by atoms with van der Waals surface area (Å²) < 4.78 is 21.9. The number of hydrogen-bond acceptors (Lipinski definition) is 6. The fourth-order valence-electron chi connectivity index (χ4n) is 2.78. The normalized spacial score (nSPS) is 30.5. The van der Waals surface area contributed by atoms with E-state index >= 15 is 0 Å². The second-order valence-corrected chi connectivity index (χ2v) is 4.96. The summed E-state index contributed by atoms with van der Waals surface area (Å²) >= 11 is 0. The van der Waals surface area contributed by atoms with Crippen LogP contribution in [0.15, 0.2) is 53.4 Å². The molecule has 6 nitrogen and oxygen atoms in total. The van der Waals surface area contributed by atoms with Gasteiger partial charge in [-0.1, -0.05) is 30.3 Å². The van der Waals surface area contributed by atoms with Crippen molar-refractivity contribution in [1.29, 1.82) is 0 Å². The molecular formula is C15H13NO5. The topological polar surface area (TPSA) is 80.0 Å². The lowest BCUT2D eigenvalue weighted by molar-refractivity contribution is -0.164. The van der Waals surface area contributed by atoms with Gasteiger partial charge in [0.05, 0.1) is 5.70 Å². The van der Waals surface area contributed by atoms with E-state index in [2.05, 4.69) is 0 Å². The highest BCUT2D eigenvalue weighted by Crippen LogP contribution is 2.45. The van der Waals surface area contributed by atoms with Gasteiger partial charge >= 0.3 is 0 Å². The molecular weight excluding hydrogens is 274 g/mol. The predicted molar refractivity (Wildman–Crippen MR) is 70.7 cm³/mol. The lowest BCUT2D eigenvalue weighted by atomic mass is 9.90. The third-order valence-electron chi connectivity index (χ3n) is 3.83. The van der Waals surface area contributed by atoms with Gasteiger partial charge in [0.25, 0.3) is 5.79 Å². The predicted octanol–water partition coefficient (Wildman–Crippen LogP) is 1.05. The summed E-state index contributed by atoms with van der Waals surface area (Å²) in [6.07, 6.45) is 0.922. The average molecular weight is 287 g/mol. The maximum absolute atomic E-state index is 12.6. The summed E-state index contributed by atoms with van der Waals surface area (Å²) in [6.45, 7) is 0.0880. The van der Waals surface area contributed by atoms with Crippen molar-refractivity contribution in [3.05, 3.63) is 59.0 Å². The molecule has 1 aliphatic carbocycles. The van der Waals surface area contributed by atoms with Gasteiger partial charge in [0.15, 0.2) is 31.2 Å². The summed E-state index contributed by atoms with van der Waals surface area (Å²) in [5.41, 5.74) is 7.34. The van der Waals surface area contributed by atoms with E-state index in [9.17, 15) is 4.79 Å². The van der Waals surface area contributed by atoms with Crippen LogP contribution in [-0.2, 0) is 18.9 Å². The Kier molecular flexibility index (Phi) is 2.65. The van der Waals surface area contributed by atoms with Crippen LogP contribution in [0.25, 0.3) is 0 Å². The van der Waals surface area contributed by atoms with Gasteiger partial charge in [0.1, 0.15) is 0 Å². The minimum absolute atomic E-state index is 0.0405. The molecule has 108 valence electrons. The molecule has 3 aliphatic rings. The third kappa shape index (κ3) is 1.67. The fraction of sp³-hybridized carbons (Fsp3) is 0.267. The number of ether oxygens (including phenoxy) is 4. The van der Waals surface area contributed by atoms with E-state index in [4.69, 9.17) is 24.7 Å². The number of ketones is 1. The second-order valence-electron chi connectivity index (χ2n) is 4.96. The first kappa shape index (κ1) is 12.6. The van der Waals surface area contributed by atoms with E-state index in [1.165, 1.54) is 0 Å². The number of Topliss-reactive ketones (excluding diaryl/α,β-unsaturated/α-hetero) is 1. The van der Waals surface area contributed by atoms with Crippen LogP contribution in [0.3, 0.4) is 0 Å². The van der Waals surface area contributed by atoms with Crippen molar-refractivity contribution >= 4 is 5.78 Å². The van der Waals surface area contributed by atoms with Crippen LogP contribution in [0.1, 0.15) is 10.4 Å². The molecule has 1 aromatic carbocycles. The summed E-state index contributed by atoms with van der Waals surface area (Å²) in [5, 5.41) is 0. The van der Waals surface area contributed by atoms with Crippen molar-refractivity contribution in [2.75, 3.05) is 13.6 Å². The van der Waals surface area contributed by atoms with E-state index in [-0.39, 0.29) is 19.4 Å². The van der Waals surface area contributed by atoms with Crippen LogP contribution in [0.2, 0.25) is 0 Å². The van der Waals surface area contributed by atoms with Crippen LogP contribution in [-0.4, -0.2) is 31.3 Å². The molecule has 2 fully saturated rings. The van der Waals surface area contributed by atoms with Gasteiger partial charge in [-0.05, 0) is 6.08 Å². The molecule has 0 amide bonds. The first-order valence-corrected chi connectivity index (χ1v) is 6.56. The van der Waals surface area contributed by atoms with E-state index in [0.717, 1.165) is 0 Å². The van der Waals surface area contributed by atoms with Crippen molar-refractivity contribution in [3.63, 3.8) is 0 Å². The molecule has 2 atom stereocenters. The quantitative estimate of drug-likeness (QED) is 0.819. The number of nitrogens with two attached hydrogens (primary N) is 1. The third-order valence-corrected chi connectivity index (χ3v) is 3.83. The summed E-state index contributed by atoms with van der Waals surface area (Å²) in [7, 11) is 0. The summed E-state index contributed by atoms with van der Waals surface area (Å²) in [6, 6.07) is 8.92. The van der Waals surface area contributed by atoms with E-state index in [1.54, 1.807) is 30.3 Å². The number of hydrogen-bond donors (Lipinski definition) is 1. The standard InChI is InChI=1S/C15H13NO5/c16-12-10(13(17)9-4-2-1-3-5-9)6-11-15(20-7-18-11)14(12)19-8-21-15/h1-6,14H,7-8,16H2. The minimum Gasteiger partial charge on any atom is -0.466 e. The Morgan fingerprint density at radius 2 is 1.95 bits per heavy atom. The highest BCUT2D eigenvalue weighted by molar-refractivity contribution is 6.11. The number of carbonyl (C=O) groups is 1. The van der Waals surface area contributed by atoms with Crippen LogP contribution in [0.5, 0.6) is 0 Å². The van der Waals surface area contributed by atoms with E-state index in [0.29, 0.717) is 22.6 Å². The van der Waals surface area contributed by atoms with Gasteiger partial charge in [0, 0.05) is 11.1 Å². The second kappa shape index (κ2) is 4.42. The largest absolute Gasteiger partial charge is 0.466 e. The zero-order valence-corrected chi connectivity index (χ0v) is 11.1. The molecule has 0 radical (unpaired) electrons. The maximum Gasteiger partial charge on any atom is 0.265 e. The summed E-state index contributed by atoms with van der Waals surface area (Å²) in [5.74, 6) is -0.886. The lowest BCUT2D eigenvalue weighted by Crippen LogP contribution is -2.46. The van der Waals surface area contributed by atoms with Gasteiger partial charge in [-0.15, -0.1) is 0 Å². The van der Waals surface area contributed by atoms with Crippen LogP contribution >= 0.6 is 0 Å². The van der Waals surface area contributed by atoms with Crippen molar-refractivity contribution in [2.24, 2.45) is 5.73 Å². The van der Waals surface area contributed by atoms with Gasteiger partial charge in [-0.3, -0.25) is 4.79 Å². The Morgan fingerprint density at radius 1 is 1.19 bits per heavy atom. The van der Waals surface area contributed by atoms with Crippen LogP contribution in [0.4, 0.5) is 0 Å². The average Bonchev–Trinajstić information content (AvgIpc) is 3.13. The molecule has 2 aliphatic heterocycles. The molecule has 0 aromatic heterocycles. The smallest absolute Gasteiger partial charge is 0.265 e. The fourth-order valence-corrected chi connectivity index (χ4v) is 2.78. The molecule has 2 saturated heterocycles. The number of carbonyl (C=O) groups excluding carboxylic acids is 1. The first-order chi connectivity index (χ1) is 10.2. The molecule has 2 N–H and O–H groups in total. The van der Waals surface area contributed by atoms with E-state index in [1.807, 2.05) is 6.07 Å². The molecule has 2 heterocycles. The van der Waals surface area contributed by atoms with E-state index < -0.39 is 11.9 Å². The highest BCUT2D eigenvalue weighted by atomic mass is 16.9. The van der Waals surface area contributed by atoms with Crippen molar-refractivity contribution in [2.45, 2.75) is 11.9 Å². The molecule has 6 heteroatoms. The van der Waals surface area contributed by atoms with Crippen molar-refractivity contribution in [3.8, 4) is 0 Å². The Labute approximate surface area is 120 Å². The molecule has 4 rings (SSSR count). The van der Waals surface area contributed by atoms with Gasteiger partial charge in [-0.2, -0.15) is 0 Å². The Morgan fingerprint density at radius 3 is 2.76 bits per heavy atom. The molecule has 1 aromatic rings. The lowest BCUT2D eigenvalue weighted by Gasteiger charge is -2.30. The molecule has 21 heavy (non-hydrogen) atoms. The monoisotopic (exact) mass is 287 g/mol. The van der Waals surface area contributed by atoms with Crippen LogP contribution in [0, 0.1) is 0 Å². The van der Waals surface area contributed by atoms with Crippen LogP contribution < -0.4 is 5.73 Å². The maximum atomic E-state index is 12.6. The molecule has 0 saturated carbocycles. The SMILES string of the molecule is NC1=C(C(=O)c2ccccc2)C=C2OCOC23OCOC13. The Hall–Kier alpha value is -2.15. The highest BCUT2D eigenvalue weighted by Gasteiger charge is 2.59. The molecule has 1 spiro atoms. The van der Waals surface area contributed by atoms with Crippen molar-refractivity contribution in [1.82, 2.24) is 0 Å². The number of allylic oxidation sites excluding steroid dienone is 2. The summed E-state index contributed by atoms with van der Waals surface area (Å²) in [4.78, 5) is 12.6. The first-order valence-electron chi connectivity index (χ1n) is 6.56. The Balaban J connectivity index is 1.79. The van der Waals surface area contributed by atoms with Crippen molar-refractivity contribution < 1.29 is 23.7 Å². The molecule has 0 bridgehead atoms. The number of rotatable bonds is 2. The zero-order chi connectivity index (χ0) is 14.4. The zero-order valence-electron chi connectivity index (χ0n) is 11.1. The van der Waals surface area contributed by atoms with Gasteiger partial charge in [0.2, 0.25) is 0 Å². The number of benzene rings is 1. The minimum atomic E-state index is -1.13. The van der Waals surface area contributed by atoms with Gasteiger partial charge < -0.3 is 24.7 Å².